The first-order chi connectivity index (χ1) is 19.3. The highest BCUT2D eigenvalue weighted by Crippen LogP contribution is 2.53. The lowest BCUT2D eigenvalue weighted by molar-refractivity contribution is -0.384. The van der Waals surface area contributed by atoms with E-state index >= 15 is 0 Å². The first-order valence-electron chi connectivity index (χ1n) is 12.8. The third-order valence-electron chi connectivity index (χ3n) is 7.45. The Balaban J connectivity index is 1.27. The first-order valence-corrected chi connectivity index (χ1v) is 14.5. The van der Waals surface area contributed by atoms with Crippen LogP contribution in [-0.4, -0.2) is 57.5 Å². The number of carbonyl (C=O) groups is 3. The minimum atomic E-state index is -0.779. The number of amides is 3. The first kappa shape index (κ1) is 26.3. The lowest BCUT2D eigenvalue weighted by atomic mass is 9.83. The van der Waals surface area contributed by atoms with Gasteiger partial charge in [-0.05, 0) is 49.1 Å². The standard InChI is InChI=1S/C27H24N4O7S2/c32-19(29-12-2-1-3-13-29)14-38-18-10-4-15(5-11-18)20-21-23(39-24-22(20)40-27(35)28-24)26(34)30(25(21)33)16-6-8-17(9-7-16)31(36)37/h4-11,20-21,23H,1-3,12-14H2,(H,28,35). The van der Waals surface area contributed by atoms with Gasteiger partial charge in [-0.25, -0.2) is 4.90 Å². The number of benzene rings is 2. The number of nitrogens with one attached hydrogen (secondary N) is 1. The van der Waals surface area contributed by atoms with Crippen molar-refractivity contribution >= 4 is 52.2 Å². The number of H-pyrrole nitrogens is 1. The van der Waals surface area contributed by atoms with Crippen molar-refractivity contribution in [2.24, 2.45) is 5.92 Å². The van der Waals surface area contributed by atoms with Crippen LogP contribution in [0, 0.1) is 16.0 Å². The molecular weight excluding hydrogens is 556 g/mol. The molecule has 0 aliphatic carbocycles. The monoisotopic (exact) mass is 580 g/mol. The van der Waals surface area contributed by atoms with Gasteiger partial charge in [-0.3, -0.25) is 29.3 Å². The zero-order chi connectivity index (χ0) is 28.0. The van der Waals surface area contributed by atoms with Crippen LogP contribution in [-0.2, 0) is 14.4 Å². The number of likely N-dealkylation sites (tertiary alicyclic amines) is 1. The van der Waals surface area contributed by atoms with E-state index in [9.17, 15) is 29.3 Å². The van der Waals surface area contributed by atoms with Crippen LogP contribution in [0.15, 0.2) is 58.4 Å². The number of anilines is 1. The van der Waals surface area contributed by atoms with Gasteiger partial charge in [-0.2, -0.15) is 0 Å². The van der Waals surface area contributed by atoms with E-state index in [2.05, 4.69) is 4.98 Å². The molecule has 3 aromatic rings. The molecule has 2 fully saturated rings. The number of rotatable bonds is 6. The predicted molar refractivity (Wildman–Crippen MR) is 148 cm³/mol. The molecule has 1 N–H and O–H groups in total. The summed E-state index contributed by atoms with van der Waals surface area (Å²) in [6.07, 6.45) is 3.13. The van der Waals surface area contributed by atoms with Crippen molar-refractivity contribution in [2.45, 2.75) is 35.5 Å². The van der Waals surface area contributed by atoms with Gasteiger partial charge in [-0.15, -0.1) is 0 Å². The number of thiazole rings is 1. The number of carbonyl (C=O) groups excluding carboxylic acids is 3. The second-order valence-corrected chi connectivity index (χ2v) is 12.0. The van der Waals surface area contributed by atoms with Gasteiger partial charge in [0.1, 0.15) is 11.0 Å². The number of thioether (sulfide) groups is 1. The molecule has 1 aromatic heterocycles. The summed E-state index contributed by atoms with van der Waals surface area (Å²) < 4.78 is 5.74. The van der Waals surface area contributed by atoms with Crippen LogP contribution in [0.3, 0.4) is 0 Å². The average molecular weight is 581 g/mol. The zero-order valence-electron chi connectivity index (χ0n) is 21.1. The van der Waals surface area contributed by atoms with Crippen LogP contribution in [0.1, 0.15) is 35.6 Å². The molecule has 3 aliphatic heterocycles. The van der Waals surface area contributed by atoms with E-state index in [1.54, 1.807) is 24.3 Å². The number of imide groups is 1. The Morgan fingerprint density at radius 3 is 2.38 bits per heavy atom. The number of nitro groups is 1. The van der Waals surface area contributed by atoms with Crippen molar-refractivity contribution in [3.63, 3.8) is 0 Å². The molecule has 2 aromatic carbocycles. The highest BCUT2D eigenvalue weighted by atomic mass is 32.2. The molecule has 3 unspecified atom stereocenters. The fourth-order valence-corrected chi connectivity index (χ4v) is 8.02. The number of nitro benzene ring substituents is 1. The van der Waals surface area contributed by atoms with Gasteiger partial charge >= 0.3 is 4.87 Å². The number of hydrogen-bond donors (Lipinski definition) is 1. The number of nitrogens with zero attached hydrogens (tertiary/aromatic N) is 3. The number of hydrogen-bond acceptors (Lipinski definition) is 9. The lowest BCUT2D eigenvalue weighted by Gasteiger charge is -2.30. The summed E-state index contributed by atoms with van der Waals surface area (Å²) in [6, 6.07) is 12.3. The molecule has 11 nitrogen and oxygen atoms in total. The smallest absolute Gasteiger partial charge is 0.305 e. The van der Waals surface area contributed by atoms with Gasteiger partial charge in [-0.1, -0.05) is 35.2 Å². The molecular formula is C27H24N4O7S2. The van der Waals surface area contributed by atoms with E-state index in [1.807, 2.05) is 4.90 Å². The second kappa shape index (κ2) is 10.5. The van der Waals surface area contributed by atoms with E-state index in [0.717, 1.165) is 65.9 Å². The molecule has 206 valence electrons. The molecule has 3 amide bonds. The molecule has 13 heteroatoms. The maximum Gasteiger partial charge on any atom is 0.305 e. The van der Waals surface area contributed by atoms with E-state index in [0.29, 0.717) is 15.7 Å². The molecule has 3 aliphatic rings. The van der Waals surface area contributed by atoms with Crippen LogP contribution in [0.2, 0.25) is 0 Å². The Labute approximate surface area is 236 Å². The zero-order valence-corrected chi connectivity index (χ0v) is 22.7. The fourth-order valence-electron chi connectivity index (χ4n) is 5.51. The lowest BCUT2D eigenvalue weighted by Crippen LogP contribution is -2.38. The molecule has 0 saturated carbocycles. The molecule has 40 heavy (non-hydrogen) atoms. The summed E-state index contributed by atoms with van der Waals surface area (Å²) in [5.74, 6) is -1.76. The minimum Gasteiger partial charge on any atom is -0.484 e. The number of aromatic amines is 1. The Morgan fingerprint density at radius 2 is 1.70 bits per heavy atom. The highest BCUT2D eigenvalue weighted by Gasteiger charge is 2.56. The maximum absolute atomic E-state index is 13.8. The van der Waals surface area contributed by atoms with E-state index in [4.69, 9.17) is 4.74 Å². The van der Waals surface area contributed by atoms with Crippen molar-refractivity contribution in [1.29, 1.82) is 0 Å². The average Bonchev–Trinajstić information content (AvgIpc) is 3.46. The summed E-state index contributed by atoms with van der Waals surface area (Å²) in [5.41, 5.74) is 0.841. The number of non-ortho nitro benzene ring substituents is 1. The predicted octanol–water partition coefficient (Wildman–Crippen LogP) is 3.53. The highest BCUT2D eigenvalue weighted by molar-refractivity contribution is 8.00. The van der Waals surface area contributed by atoms with Crippen molar-refractivity contribution in [1.82, 2.24) is 9.88 Å². The normalized spacial score (nSPS) is 22.1. The van der Waals surface area contributed by atoms with Crippen LogP contribution < -0.4 is 14.5 Å². The third kappa shape index (κ3) is 4.68. The van der Waals surface area contributed by atoms with E-state index in [-0.39, 0.29) is 28.8 Å². The fraction of sp³-hybridized carbons (Fsp3) is 0.333. The molecule has 0 spiro atoms. The molecule has 0 radical (unpaired) electrons. The molecule has 4 heterocycles. The van der Waals surface area contributed by atoms with Gasteiger partial charge in [0.05, 0.1) is 21.6 Å². The number of aromatic nitrogens is 1. The van der Waals surface area contributed by atoms with Crippen LogP contribution in [0.4, 0.5) is 11.4 Å². The van der Waals surface area contributed by atoms with Gasteiger partial charge in [0.15, 0.2) is 6.61 Å². The Morgan fingerprint density at radius 1 is 1.00 bits per heavy atom. The van der Waals surface area contributed by atoms with Crippen molar-refractivity contribution in [3.05, 3.63) is 78.8 Å². The number of fused-ring (bicyclic) bond motifs is 2. The largest absolute Gasteiger partial charge is 0.484 e. The van der Waals surface area contributed by atoms with Gasteiger partial charge in [0, 0.05) is 36.0 Å². The van der Waals surface area contributed by atoms with Gasteiger partial charge in [0.25, 0.3) is 11.6 Å². The summed E-state index contributed by atoms with van der Waals surface area (Å²) in [6.45, 7) is 1.43. The molecule has 0 bridgehead atoms. The summed E-state index contributed by atoms with van der Waals surface area (Å²) in [4.78, 5) is 68.6. The van der Waals surface area contributed by atoms with Gasteiger partial charge < -0.3 is 14.6 Å². The molecule has 2 saturated heterocycles. The van der Waals surface area contributed by atoms with Gasteiger partial charge in [0.2, 0.25) is 11.8 Å². The number of piperidine rings is 1. The summed E-state index contributed by atoms with van der Waals surface area (Å²) in [5, 5.41) is 10.8. The Kier molecular flexibility index (Phi) is 6.92. The minimum absolute atomic E-state index is 0.0564. The molecule has 3 atom stereocenters. The summed E-state index contributed by atoms with van der Waals surface area (Å²) in [7, 11) is 0. The summed E-state index contributed by atoms with van der Waals surface area (Å²) >= 11 is 2.17. The Hall–Kier alpha value is -3.97. The maximum atomic E-state index is 13.8. The number of ether oxygens (including phenoxy) is 1. The van der Waals surface area contributed by atoms with Crippen LogP contribution >= 0.6 is 23.1 Å². The van der Waals surface area contributed by atoms with Crippen molar-refractivity contribution < 1.29 is 24.0 Å². The SMILES string of the molecule is O=C(COc1ccc(C2c3sc(=O)[nH]c3SC3C(=O)N(c4ccc([N+](=O)[O-])cc4)C(=O)C32)cc1)N1CCCCC1. The Bertz CT molecular complexity index is 1540. The quantitative estimate of drug-likeness (QED) is 0.265. The molecule has 6 rings (SSSR count). The van der Waals surface area contributed by atoms with Crippen LogP contribution in [0.5, 0.6) is 5.75 Å². The van der Waals surface area contributed by atoms with E-state index in [1.165, 1.54) is 24.3 Å². The van der Waals surface area contributed by atoms with E-state index < -0.39 is 33.8 Å². The van der Waals surface area contributed by atoms with Crippen LogP contribution in [0.25, 0.3) is 0 Å². The second-order valence-electron chi connectivity index (χ2n) is 9.83. The van der Waals surface area contributed by atoms with Crippen molar-refractivity contribution in [2.75, 3.05) is 24.6 Å². The van der Waals surface area contributed by atoms with Crippen molar-refractivity contribution in [3.8, 4) is 5.75 Å². The third-order valence-corrected chi connectivity index (χ3v) is 9.85. The topological polar surface area (TPSA) is 143 Å².